The van der Waals surface area contributed by atoms with E-state index in [0.717, 1.165) is 5.69 Å². The number of nitrogens with one attached hydrogen (secondary N) is 1. The van der Waals surface area contributed by atoms with Crippen LogP contribution in [0.5, 0.6) is 11.5 Å². The molecule has 2 rings (SSSR count). The summed E-state index contributed by atoms with van der Waals surface area (Å²) in [6, 6.07) is 10.1. The van der Waals surface area contributed by atoms with E-state index >= 15 is 0 Å². The van der Waals surface area contributed by atoms with Crippen molar-refractivity contribution >= 4 is 34.7 Å². The molecule has 0 fully saturated rings. The third-order valence-electron chi connectivity index (χ3n) is 3.07. The Hall–Kier alpha value is -2.17. The predicted octanol–water partition coefficient (Wildman–Crippen LogP) is 4.82. The third kappa shape index (κ3) is 4.41. The Morgan fingerprint density at radius 2 is 1.74 bits per heavy atom. The summed E-state index contributed by atoms with van der Waals surface area (Å²) in [6.45, 7) is 0. The van der Waals surface area contributed by atoms with Crippen molar-refractivity contribution < 1.29 is 14.3 Å². The highest BCUT2D eigenvalue weighted by atomic mass is 35.5. The topological polar surface area (TPSA) is 47.6 Å². The number of hydrogen-bond donors (Lipinski definition) is 1. The van der Waals surface area contributed by atoms with Crippen molar-refractivity contribution in [1.29, 1.82) is 0 Å². The summed E-state index contributed by atoms with van der Waals surface area (Å²) in [6.07, 6.45) is 2.96. The number of rotatable bonds is 6. The lowest BCUT2D eigenvalue weighted by Gasteiger charge is -2.08. The molecule has 2 aromatic carbocycles. The van der Waals surface area contributed by atoms with Gasteiger partial charge in [-0.3, -0.25) is 4.79 Å². The van der Waals surface area contributed by atoms with Crippen molar-refractivity contribution in [3.05, 3.63) is 64.3 Å². The molecule has 0 unspecified atom stereocenters. The van der Waals surface area contributed by atoms with Gasteiger partial charge < -0.3 is 14.8 Å². The van der Waals surface area contributed by atoms with Crippen molar-refractivity contribution in [2.24, 2.45) is 0 Å². The molecule has 1 N–H and O–H groups in total. The molecule has 0 aliphatic heterocycles. The molecule has 23 heavy (non-hydrogen) atoms. The highest BCUT2D eigenvalue weighted by molar-refractivity contribution is 6.42. The number of methoxy groups -OCH3 is 2. The normalized spacial score (nSPS) is 10.6. The van der Waals surface area contributed by atoms with Gasteiger partial charge in [0, 0.05) is 23.5 Å². The van der Waals surface area contributed by atoms with E-state index in [4.69, 9.17) is 32.7 Å². The van der Waals surface area contributed by atoms with Gasteiger partial charge in [0.1, 0.15) is 0 Å². The number of ether oxygens (including phenoxy) is 2. The number of ketones is 1. The lowest BCUT2D eigenvalue weighted by molar-refractivity contribution is 0.104. The lowest BCUT2D eigenvalue weighted by atomic mass is 10.1. The van der Waals surface area contributed by atoms with Crippen LogP contribution in [0.25, 0.3) is 0 Å². The average Bonchev–Trinajstić information content (AvgIpc) is 2.57. The summed E-state index contributed by atoms with van der Waals surface area (Å²) >= 11 is 11.8. The van der Waals surface area contributed by atoms with Crippen LogP contribution < -0.4 is 14.8 Å². The van der Waals surface area contributed by atoms with E-state index in [-0.39, 0.29) is 5.78 Å². The van der Waals surface area contributed by atoms with Gasteiger partial charge in [0.15, 0.2) is 17.3 Å². The standard InChI is InChI=1S/C17H15Cl2NO3/c1-22-16-6-3-11(9-17(16)23-2)15(21)7-8-20-12-4-5-13(18)14(19)10-12/h3-10,20H,1-2H3/b8-7+. The molecule has 0 radical (unpaired) electrons. The molecule has 0 spiro atoms. The monoisotopic (exact) mass is 351 g/mol. The van der Waals surface area contributed by atoms with Crippen LogP contribution in [0.2, 0.25) is 10.0 Å². The van der Waals surface area contributed by atoms with Crippen LogP contribution in [0.4, 0.5) is 5.69 Å². The Bertz CT molecular complexity index is 745. The largest absolute Gasteiger partial charge is 0.493 e. The molecule has 0 aliphatic carbocycles. The molecule has 4 nitrogen and oxygen atoms in total. The van der Waals surface area contributed by atoms with E-state index < -0.39 is 0 Å². The van der Waals surface area contributed by atoms with Gasteiger partial charge in [0.25, 0.3) is 0 Å². The molecule has 0 aliphatic rings. The summed E-state index contributed by atoms with van der Waals surface area (Å²) in [5.41, 5.74) is 1.23. The first-order chi connectivity index (χ1) is 11.0. The molecule has 0 atom stereocenters. The molecular weight excluding hydrogens is 337 g/mol. The Morgan fingerprint density at radius 1 is 1.00 bits per heavy atom. The van der Waals surface area contributed by atoms with Gasteiger partial charge in [-0.05, 0) is 36.4 Å². The van der Waals surface area contributed by atoms with Crippen LogP contribution in [-0.4, -0.2) is 20.0 Å². The molecule has 120 valence electrons. The van der Waals surface area contributed by atoms with Gasteiger partial charge in [-0.25, -0.2) is 0 Å². The molecule has 6 heteroatoms. The maximum absolute atomic E-state index is 12.2. The van der Waals surface area contributed by atoms with Crippen molar-refractivity contribution in [3.8, 4) is 11.5 Å². The summed E-state index contributed by atoms with van der Waals surface area (Å²) in [5.74, 6) is 0.907. The zero-order valence-electron chi connectivity index (χ0n) is 12.6. The number of anilines is 1. The zero-order valence-corrected chi connectivity index (χ0v) is 14.1. The number of benzene rings is 2. The second-order valence-corrected chi connectivity index (χ2v) is 5.35. The quantitative estimate of drug-likeness (QED) is 0.598. The van der Waals surface area contributed by atoms with Gasteiger partial charge in [-0.15, -0.1) is 0 Å². The molecule has 0 amide bonds. The van der Waals surface area contributed by atoms with E-state index in [1.807, 2.05) is 0 Å². The van der Waals surface area contributed by atoms with Crippen LogP contribution in [0.3, 0.4) is 0 Å². The number of carbonyl (C=O) groups is 1. The van der Waals surface area contributed by atoms with Crippen LogP contribution in [0, 0.1) is 0 Å². The fraction of sp³-hybridized carbons (Fsp3) is 0.118. The van der Waals surface area contributed by atoms with E-state index in [1.54, 1.807) is 49.7 Å². The molecule has 0 heterocycles. The minimum Gasteiger partial charge on any atom is -0.493 e. The molecule has 2 aromatic rings. The van der Waals surface area contributed by atoms with Crippen molar-refractivity contribution in [2.75, 3.05) is 19.5 Å². The molecule has 0 bridgehead atoms. The predicted molar refractivity (Wildman–Crippen MR) is 93.1 cm³/mol. The summed E-state index contributed by atoms with van der Waals surface area (Å²) in [5, 5.41) is 3.88. The van der Waals surface area contributed by atoms with Crippen LogP contribution in [-0.2, 0) is 0 Å². The molecular formula is C17H15Cl2NO3. The Morgan fingerprint density at radius 3 is 2.39 bits per heavy atom. The van der Waals surface area contributed by atoms with E-state index in [9.17, 15) is 4.79 Å². The second kappa shape index (κ2) is 7.90. The van der Waals surface area contributed by atoms with Gasteiger partial charge in [-0.2, -0.15) is 0 Å². The van der Waals surface area contributed by atoms with Crippen molar-refractivity contribution in [3.63, 3.8) is 0 Å². The first-order valence-electron chi connectivity index (χ1n) is 6.69. The lowest BCUT2D eigenvalue weighted by Crippen LogP contribution is -1.98. The highest BCUT2D eigenvalue weighted by Gasteiger charge is 2.08. The molecule has 0 saturated carbocycles. The van der Waals surface area contributed by atoms with Crippen molar-refractivity contribution in [2.45, 2.75) is 0 Å². The average molecular weight is 352 g/mol. The minimum atomic E-state index is -0.168. The van der Waals surface area contributed by atoms with Gasteiger partial charge in [0.05, 0.1) is 24.3 Å². The number of allylic oxidation sites excluding steroid dienone is 1. The van der Waals surface area contributed by atoms with Crippen LogP contribution in [0.15, 0.2) is 48.7 Å². The van der Waals surface area contributed by atoms with E-state index in [2.05, 4.69) is 5.32 Å². The highest BCUT2D eigenvalue weighted by Crippen LogP contribution is 2.28. The fourth-order valence-corrected chi connectivity index (χ4v) is 2.18. The zero-order chi connectivity index (χ0) is 16.8. The SMILES string of the molecule is COc1ccc(C(=O)/C=C/Nc2ccc(Cl)c(Cl)c2)cc1OC. The van der Waals surface area contributed by atoms with E-state index in [0.29, 0.717) is 27.1 Å². The van der Waals surface area contributed by atoms with Gasteiger partial charge in [-0.1, -0.05) is 23.2 Å². The Balaban J connectivity index is 2.07. The summed E-state index contributed by atoms with van der Waals surface area (Å²) in [4.78, 5) is 12.2. The molecule has 0 aromatic heterocycles. The summed E-state index contributed by atoms with van der Waals surface area (Å²) in [7, 11) is 3.06. The first-order valence-corrected chi connectivity index (χ1v) is 7.45. The smallest absolute Gasteiger partial charge is 0.187 e. The Labute approximate surface area is 144 Å². The Kier molecular flexibility index (Phi) is 5.90. The second-order valence-electron chi connectivity index (χ2n) is 4.54. The molecule has 0 saturated heterocycles. The van der Waals surface area contributed by atoms with Crippen molar-refractivity contribution in [1.82, 2.24) is 0 Å². The fourth-order valence-electron chi connectivity index (χ4n) is 1.89. The first kappa shape index (κ1) is 17.2. The number of halogens is 2. The van der Waals surface area contributed by atoms with E-state index in [1.165, 1.54) is 13.2 Å². The van der Waals surface area contributed by atoms with Crippen LogP contribution >= 0.6 is 23.2 Å². The maximum atomic E-state index is 12.2. The third-order valence-corrected chi connectivity index (χ3v) is 3.81. The van der Waals surface area contributed by atoms with Gasteiger partial charge in [0.2, 0.25) is 0 Å². The van der Waals surface area contributed by atoms with Crippen LogP contribution in [0.1, 0.15) is 10.4 Å². The minimum absolute atomic E-state index is 0.168. The number of hydrogen-bond acceptors (Lipinski definition) is 4. The van der Waals surface area contributed by atoms with Gasteiger partial charge >= 0.3 is 0 Å². The maximum Gasteiger partial charge on any atom is 0.187 e. The number of carbonyl (C=O) groups excluding carboxylic acids is 1. The summed E-state index contributed by atoms with van der Waals surface area (Å²) < 4.78 is 10.3.